The summed E-state index contributed by atoms with van der Waals surface area (Å²) in [7, 11) is 0. The van der Waals surface area contributed by atoms with Crippen LogP contribution in [0.15, 0.2) is 53.7 Å². The molecule has 0 atom stereocenters. The summed E-state index contributed by atoms with van der Waals surface area (Å²) >= 11 is 8.06. The Bertz CT molecular complexity index is 951. The van der Waals surface area contributed by atoms with E-state index >= 15 is 0 Å². The summed E-state index contributed by atoms with van der Waals surface area (Å²) in [6.45, 7) is 0. The third-order valence-corrected chi connectivity index (χ3v) is 4.93. The molecule has 0 fully saturated rings. The molecule has 1 heterocycles. The molecule has 0 saturated carbocycles. The number of anilines is 1. The number of hydrogen-bond donors (Lipinski definition) is 1. The monoisotopic (exact) mass is 537 g/mol. The molecule has 0 aliphatic heterocycles. The largest absolute Gasteiger partial charge is 0.487 e. The van der Waals surface area contributed by atoms with Crippen LogP contribution in [0.4, 0.5) is 14.5 Å². The molecule has 0 spiro atoms. The molecule has 146 valence electrons. The lowest BCUT2D eigenvalue weighted by Gasteiger charge is -2.11. The summed E-state index contributed by atoms with van der Waals surface area (Å²) in [6.07, 6.45) is 0. The van der Waals surface area contributed by atoms with Crippen LogP contribution in [0.25, 0.3) is 5.69 Å². The van der Waals surface area contributed by atoms with E-state index < -0.39 is 5.57 Å². The number of benzene rings is 2. The molecule has 2 aromatic carbocycles. The number of aromatic nitrogens is 4. The zero-order valence-corrected chi connectivity index (χ0v) is 17.6. The predicted molar refractivity (Wildman–Crippen MR) is 109 cm³/mol. The number of nitrogens with one attached hydrogen (secondary N) is 1. The fraction of sp³-hybridized carbons (Fsp3) is 0.125. The molecular weight excluding hydrogens is 527 g/mol. The first-order valence-electron chi connectivity index (χ1n) is 7.63. The first kappa shape index (κ1) is 20.7. The Morgan fingerprint density at radius 2 is 1.89 bits per heavy atom. The van der Waals surface area contributed by atoms with Gasteiger partial charge in [-0.2, -0.15) is 4.68 Å². The molecule has 0 bridgehead atoms. The van der Waals surface area contributed by atoms with Crippen LogP contribution < -0.4 is 10.1 Å². The lowest BCUT2D eigenvalue weighted by Crippen LogP contribution is -2.16. The minimum absolute atomic E-state index is 0.0583. The fourth-order valence-corrected chi connectivity index (χ4v) is 3.22. The molecule has 0 radical (unpaired) electrons. The van der Waals surface area contributed by atoms with Crippen LogP contribution >= 0.6 is 46.0 Å². The first-order valence-corrected chi connectivity index (χ1v) is 10.1. The van der Waals surface area contributed by atoms with Gasteiger partial charge in [0.25, 0.3) is 0 Å². The topological polar surface area (TPSA) is 81.9 Å². The van der Waals surface area contributed by atoms with Crippen molar-refractivity contribution in [2.45, 2.75) is 10.7 Å². The van der Waals surface area contributed by atoms with E-state index in [0.717, 1.165) is 21.0 Å². The Balaban J connectivity index is 1.57. The average molecular weight is 538 g/mol. The average Bonchev–Trinajstić information content (AvgIpc) is 3.10. The molecule has 0 aliphatic rings. The normalized spacial score (nSPS) is 11.3. The quantitative estimate of drug-likeness (QED) is 0.277. The van der Waals surface area contributed by atoms with Gasteiger partial charge in [0.15, 0.2) is 0 Å². The van der Waals surface area contributed by atoms with Crippen molar-refractivity contribution < 1.29 is 18.3 Å². The van der Waals surface area contributed by atoms with E-state index in [1.165, 1.54) is 28.9 Å². The van der Waals surface area contributed by atoms with E-state index in [1.807, 2.05) is 24.3 Å². The molecule has 7 nitrogen and oxygen atoms in total. The zero-order valence-electron chi connectivity index (χ0n) is 13.9. The van der Waals surface area contributed by atoms with E-state index in [4.69, 9.17) is 11.6 Å². The van der Waals surface area contributed by atoms with Gasteiger partial charge >= 0.3 is 5.57 Å². The van der Waals surface area contributed by atoms with Crippen molar-refractivity contribution in [2.24, 2.45) is 0 Å². The highest BCUT2D eigenvalue weighted by Gasteiger charge is 2.27. The number of amides is 1. The summed E-state index contributed by atoms with van der Waals surface area (Å²) in [4.78, 5) is 12.1. The highest BCUT2D eigenvalue weighted by molar-refractivity contribution is 14.1. The van der Waals surface area contributed by atoms with Crippen molar-refractivity contribution in [2.75, 3.05) is 11.1 Å². The molecule has 0 saturated heterocycles. The van der Waals surface area contributed by atoms with Crippen molar-refractivity contribution in [1.29, 1.82) is 0 Å². The predicted octanol–water partition coefficient (Wildman–Crippen LogP) is 4.17. The molecule has 3 rings (SSSR count). The summed E-state index contributed by atoms with van der Waals surface area (Å²) in [5, 5.41) is 14.6. The Morgan fingerprint density at radius 1 is 1.21 bits per heavy atom. The van der Waals surface area contributed by atoms with E-state index in [0.29, 0.717) is 10.8 Å². The van der Waals surface area contributed by atoms with Crippen molar-refractivity contribution in [3.05, 3.63) is 52.1 Å². The van der Waals surface area contributed by atoms with Crippen LogP contribution in [0.5, 0.6) is 5.75 Å². The molecule has 3 aromatic rings. The fourth-order valence-electron chi connectivity index (χ4n) is 2.08. The van der Waals surface area contributed by atoms with Gasteiger partial charge in [-0.05, 0) is 81.5 Å². The molecule has 1 amide bonds. The van der Waals surface area contributed by atoms with Crippen LogP contribution in [0.3, 0.4) is 0 Å². The maximum Gasteiger partial charge on any atom is 0.487 e. The number of nitrogens with zero attached hydrogens (tertiary/aromatic N) is 4. The van der Waals surface area contributed by atoms with E-state index in [9.17, 15) is 13.6 Å². The second kappa shape index (κ2) is 9.01. The van der Waals surface area contributed by atoms with Gasteiger partial charge in [0.05, 0.1) is 11.4 Å². The molecule has 28 heavy (non-hydrogen) atoms. The van der Waals surface area contributed by atoms with E-state index in [1.54, 1.807) is 0 Å². The molecule has 0 aliphatic carbocycles. The smallest absolute Gasteiger partial charge is 0.420 e. The highest BCUT2D eigenvalue weighted by atomic mass is 127. The summed E-state index contributed by atoms with van der Waals surface area (Å²) in [5.74, 6) is -0.370. The van der Waals surface area contributed by atoms with E-state index in [-0.39, 0.29) is 17.4 Å². The van der Waals surface area contributed by atoms with Gasteiger partial charge < -0.3 is 10.1 Å². The van der Waals surface area contributed by atoms with Crippen LogP contribution in [0, 0.1) is 3.57 Å². The first-order chi connectivity index (χ1) is 13.3. The lowest BCUT2D eigenvalue weighted by molar-refractivity contribution is -0.113. The third-order valence-electron chi connectivity index (χ3n) is 3.22. The number of thioether (sulfide) groups is 1. The van der Waals surface area contributed by atoms with Gasteiger partial charge in [-0.25, -0.2) is 0 Å². The minimum atomic E-state index is -3.79. The lowest BCUT2D eigenvalue weighted by atomic mass is 10.3. The Hall–Kier alpha value is -1.99. The van der Waals surface area contributed by atoms with Gasteiger partial charge in [-0.1, -0.05) is 11.8 Å². The summed E-state index contributed by atoms with van der Waals surface area (Å²) in [6, 6.07) is 13.0. The maximum absolute atomic E-state index is 12.6. The number of tetrazole rings is 1. The van der Waals surface area contributed by atoms with Gasteiger partial charge in [-0.3, -0.25) is 4.79 Å². The van der Waals surface area contributed by atoms with Crippen LogP contribution in [-0.2, 0) is 4.79 Å². The van der Waals surface area contributed by atoms with E-state index in [2.05, 4.69) is 48.2 Å². The van der Waals surface area contributed by atoms with Crippen molar-refractivity contribution >= 4 is 57.5 Å². The number of carbonyl (C=O) groups is 1. The Kier molecular flexibility index (Phi) is 6.67. The second-order valence-corrected chi connectivity index (χ2v) is 7.89. The second-order valence-electron chi connectivity index (χ2n) is 5.26. The standard InChI is InChI=1S/C16H11ClF2IN5O2S/c17-16(18,19)27-13-7-3-11(4-8-13)21-14(26)9-28-15-22-23-24-25(15)12-5-1-10(20)2-6-12/h1-8H,9H2,(H,21,26). The molecular formula is C16H11ClF2IN5O2S. The Morgan fingerprint density at radius 3 is 2.54 bits per heavy atom. The molecule has 0 unspecified atom stereocenters. The van der Waals surface area contributed by atoms with Gasteiger partial charge in [0, 0.05) is 20.9 Å². The Labute approximate surface area is 180 Å². The number of ether oxygens (including phenoxy) is 1. The number of hydrogen-bond acceptors (Lipinski definition) is 6. The molecule has 1 N–H and O–H groups in total. The maximum atomic E-state index is 12.6. The molecule has 12 heteroatoms. The number of carbonyl (C=O) groups excluding carboxylic acids is 1. The van der Waals surface area contributed by atoms with Gasteiger partial charge in [0.2, 0.25) is 11.1 Å². The van der Waals surface area contributed by atoms with Crippen LogP contribution in [0.1, 0.15) is 0 Å². The SMILES string of the molecule is O=C(CSc1nnnn1-c1ccc(I)cc1)Nc1ccc(OC(F)(F)Cl)cc1. The minimum Gasteiger partial charge on any atom is -0.420 e. The van der Waals surface area contributed by atoms with Gasteiger partial charge in [0.1, 0.15) is 5.75 Å². The summed E-state index contributed by atoms with van der Waals surface area (Å²) < 4.78 is 32.0. The van der Waals surface area contributed by atoms with Crippen molar-refractivity contribution in [1.82, 2.24) is 20.2 Å². The number of halogens is 4. The molecule has 1 aromatic heterocycles. The van der Waals surface area contributed by atoms with Crippen molar-refractivity contribution in [3.63, 3.8) is 0 Å². The summed E-state index contributed by atoms with van der Waals surface area (Å²) in [5.41, 5.74) is -2.59. The van der Waals surface area contributed by atoms with Crippen LogP contribution in [0.2, 0.25) is 0 Å². The zero-order chi connectivity index (χ0) is 20.1. The highest BCUT2D eigenvalue weighted by Crippen LogP contribution is 2.26. The van der Waals surface area contributed by atoms with Crippen molar-refractivity contribution in [3.8, 4) is 11.4 Å². The number of alkyl halides is 3. The third kappa shape index (κ3) is 6.01. The number of rotatable bonds is 7. The van der Waals surface area contributed by atoms with Crippen LogP contribution in [-0.4, -0.2) is 37.4 Å². The van der Waals surface area contributed by atoms with Gasteiger partial charge in [-0.15, -0.1) is 13.9 Å².